The van der Waals surface area contributed by atoms with Gasteiger partial charge in [0.05, 0.1) is 14.7 Å². The Kier molecular flexibility index (Phi) is 5.28. The lowest BCUT2D eigenvalue weighted by molar-refractivity contribution is -0.136. The van der Waals surface area contributed by atoms with Crippen LogP contribution in [0.5, 0.6) is 0 Å². The number of aliphatic hydroxyl groups is 3. The number of amides is 1. The van der Waals surface area contributed by atoms with Gasteiger partial charge in [0.1, 0.15) is 6.10 Å². The van der Waals surface area contributed by atoms with E-state index in [1.807, 2.05) is 0 Å². The van der Waals surface area contributed by atoms with Crippen molar-refractivity contribution in [3.05, 3.63) is 0 Å². The molecule has 14 heavy (non-hydrogen) atoms. The zero-order valence-corrected chi connectivity index (χ0v) is 9.82. The van der Waals surface area contributed by atoms with Gasteiger partial charge in [-0.25, -0.2) is 0 Å². The van der Waals surface area contributed by atoms with Gasteiger partial charge in [-0.05, 0) is 0 Å². The van der Waals surface area contributed by atoms with E-state index in [9.17, 15) is 9.90 Å². The summed E-state index contributed by atoms with van der Waals surface area (Å²) in [6, 6.07) is 0. The number of carbonyl (C=O) groups is 1. The molecule has 0 fully saturated rings. The third-order valence-corrected chi connectivity index (χ3v) is 2.85. The van der Waals surface area contributed by atoms with Crippen LogP contribution in [-0.2, 0) is 4.79 Å². The van der Waals surface area contributed by atoms with E-state index in [4.69, 9.17) is 10.2 Å². The maximum atomic E-state index is 11.2. The normalized spacial score (nSPS) is 16.1. The second-order valence-corrected chi connectivity index (χ2v) is 9.95. The van der Waals surface area contributed by atoms with E-state index in [1.165, 1.54) is 0 Å². The zero-order valence-electron chi connectivity index (χ0n) is 8.82. The van der Waals surface area contributed by atoms with Crippen LogP contribution in [0, 0.1) is 0 Å². The van der Waals surface area contributed by atoms with Crippen molar-refractivity contribution in [3.63, 3.8) is 0 Å². The van der Waals surface area contributed by atoms with Gasteiger partial charge in [0.25, 0.3) is 5.91 Å². The highest BCUT2D eigenvalue weighted by Gasteiger charge is 2.24. The van der Waals surface area contributed by atoms with Crippen LogP contribution < -0.4 is 5.32 Å². The summed E-state index contributed by atoms with van der Waals surface area (Å²) in [7, 11) is -1.40. The number of hydrogen-bond acceptors (Lipinski definition) is 4. The maximum absolute atomic E-state index is 11.2. The molecule has 2 atom stereocenters. The summed E-state index contributed by atoms with van der Waals surface area (Å²) < 4.78 is 0. The summed E-state index contributed by atoms with van der Waals surface area (Å²) >= 11 is 0. The minimum Gasteiger partial charge on any atom is -0.394 e. The molecule has 0 aromatic heterocycles. The number of aliphatic hydroxyl groups excluding tert-OH is 3. The van der Waals surface area contributed by atoms with Crippen LogP contribution in [0.15, 0.2) is 0 Å². The Morgan fingerprint density at radius 3 is 2.21 bits per heavy atom. The fraction of sp³-hybridized carbons (Fsp3) is 0.875. The van der Waals surface area contributed by atoms with Crippen LogP contribution in [0.4, 0.5) is 0 Å². The standard InChI is InChI=1S/C8H19NO4Si/c1-14(2,3)5-9-8(13)7(12)6(11)4-10/h6-7,10-12H,4-5H2,1-3H3,(H,9,13)/t6-,7-/m1/s1. The van der Waals surface area contributed by atoms with E-state index in [-0.39, 0.29) is 0 Å². The highest BCUT2D eigenvalue weighted by atomic mass is 28.3. The summed E-state index contributed by atoms with van der Waals surface area (Å²) in [4.78, 5) is 11.2. The van der Waals surface area contributed by atoms with Crippen LogP contribution in [0.3, 0.4) is 0 Å². The molecule has 0 bridgehead atoms. The molecule has 84 valence electrons. The first-order chi connectivity index (χ1) is 6.28. The molecule has 6 heteroatoms. The van der Waals surface area contributed by atoms with E-state index in [0.29, 0.717) is 6.17 Å². The lowest BCUT2D eigenvalue weighted by Crippen LogP contribution is -2.48. The Hall–Kier alpha value is -0.433. The monoisotopic (exact) mass is 221 g/mol. The maximum Gasteiger partial charge on any atom is 0.251 e. The summed E-state index contributed by atoms with van der Waals surface area (Å²) in [5.74, 6) is -0.631. The zero-order chi connectivity index (χ0) is 11.4. The molecule has 0 aliphatic carbocycles. The molecule has 0 heterocycles. The van der Waals surface area contributed by atoms with Gasteiger partial charge < -0.3 is 20.6 Å². The molecule has 5 nitrogen and oxygen atoms in total. The first-order valence-corrected chi connectivity index (χ1v) is 8.23. The molecule has 0 aromatic rings. The smallest absolute Gasteiger partial charge is 0.251 e. The van der Waals surface area contributed by atoms with Crippen molar-refractivity contribution in [1.29, 1.82) is 0 Å². The first-order valence-electron chi connectivity index (χ1n) is 4.52. The highest BCUT2D eigenvalue weighted by molar-refractivity contribution is 6.76. The van der Waals surface area contributed by atoms with E-state index < -0.39 is 32.8 Å². The average molecular weight is 221 g/mol. The molecular formula is C8H19NO4Si. The topological polar surface area (TPSA) is 89.8 Å². The molecular weight excluding hydrogens is 202 g/mol. The van der Waals surface area contributed by atoms with Gasteiger partial charge in [0, 0.05) is 6.17 Å². The van der Waals surface area contributed by atoms with Crippen LogP contribution in [0.2, 0.25) is 19.6 Å². The third-order valence-electron chi connectivity index (χ3n) is 1.61. The van der Waals surface area contributed by atoms with Gasteiger partial charge >= 0.3 is 0 Å². The van der Waals surface area contributed by atoms with Gasteiger partial charge in [-0.2, -0.15) is 0 Å². The summed E-state index contributed by atoms with van der Waals surface area (Å²) in [5, 5.41) is 29.2. The Balaban J connectivity index is 3.97. The van der Waals surface area contributed by atoms with Crippen molar-refractivity contribution < 1.29 is 20.1 Å². The van der Waals surface area contributed by atoms with E-state index in [1.54, 1.807) is 0 Å². The summed E-state index contributed by atoms with van der Waals surface area (Å²) in [5.41, 5.74) is 0. The number of hydrogen-bond donors (Lipinski definition) is 4. The summed E-state index contributed by atoms with van der Waals surface area (Å²) in [6.07, 6.45) is -2.41. The lowest BCUT2D eigenvalue weighted by Gasteiger charge is -2.20. The van der Waals surface area contributed by atoms with E-state index in [0.717, 1.165) is 0 Å². The van der Waals surface area contributed by atoms with Crippen molar-refractivity contribution >= 4 is 14.0 Å². The molecule has 0 rings (SSSR count). The molecule has 0 aliphatic rings. The van der Waals surface area contributed by atoms with E-state index >= 15 is 0 Å². The molecule has 0 aromatic carbocycles. The fourth-order valence-corrected chi connectivity index (χ4v) is 1.44. The van der Waals surface area contributed by atoms with Gasteiger partial charge in [-0.3, -0.25) is 4.79 Å². The van der Waals surface area contributed by atoms with Crippen molar-refractivity contribution in [1.82, 2.24) is 5.32 Å². The highest BCUT2D eigenvalue weighted by Crippen LogP contribution is 1.98. The summed E-state index contributed by atoms with van der Waals surface area (Å²) in [6.45, 7) is 5.59. The Morgan fingerprint density at radius 2 is 1.86 bits per heavy atom. The molecule has 0 saturated carbocycles. The minimum absolute atomic E-state index is 0.543. The fourth-order valence-electron chi connectivity index (χ4n) is 0.731. The quantitative estimate of drug-likeness (QED) is 0.434. The Morgan fingerprint density at radius 1 is 1.36 bits per heavy atom. The third kappa shape index (κ3) is 5.33. The molecule has 0 saturated heterocycles. The van der Waals surface area contributed by atoms with Gasteiger partial charge in [0.15, 0.2) is 6.10 Å². The van der Waals surface area contributed by atoms with Gasteiger partial charge in [0.2, 0.25) is 0 Å². The lowest BCUT2D eigenvalue weighted by atomic mass is 10.2. The van der Waals surface area contributed by atoms with Crippen LogP contribution in [0.25, 0.3) is 0 Å². The molecule has 0 spiro atoms. The number of carbonyl (C=O) groups excluding carboxylic acids is 1. The minimum atomic E-state index is -1.55. The molecule has 0 aliphatic heterocycles. The average Bonchev–Trinajstić information content (AvgIpc) is 2.10. The van der Waals surface area contributed by atoms with Gasteiger partial charge in [-0.1, -0.05) is 19.6 Å². The van der Waals surface area contributed by atoms with Crippen LogP contribution in [0.1, 0.15) is 0 Å². The largest absolute Gasteiger partial charge is 0.394 e. The Labute approximate surface area is 84.8 Å². The molecule has 0 unspecified atom stereocenters. The van der Waals surface area contributed by atoms with Crippen molar-refractivity contribution in [2.24, 2.45) is 0 Å². The number of rotatable bonds is 5. The molecule has 1 amide bonds. The van der Waals surface area contributed by atoms with Crippen molar-refractivity contribution in [2.75, 3.05) is 12.8 Å². The SMILES string of the molecule is C[Si](C)(C)CNC(=O)[C@H](O)[C@H](O)CO. The van der Waals surface area contributed by atoms with Crippen molar-refractivity contribution in [3.8, 4) is 0 Å². The van der Waals surface area contributed by atoms with Crippen LogP contribution >= 0.6 is 0 Å². The second kappa shape index (κ2) is 5.45. The number of nitrogens with one attached hydrogen (secondary N) is 1. The van der Waals surface area contributed by atoms with Crippen LogP contribution in [-0.4, -0.2) is 54.3 Å². The second-order valence-electron chi connectivity index (χ2n) is 4.47. The van der Waals surface area contributed by atoms with Gasteiger partial charge in [-0.15, -0.1) is 0 Å². The van der Waals surface area contributed by atoms with Crippen molar-refractivity contribution in [2.45, 2.75) is 31.8 Å². The molecule has 4 N–H and O–H groups in total. The predicted octanol–water partition coefficient (Wildman–Crippen LogP) is -1.31. The predicted molar refractivity (Wildman–Crippen MR) is 55.5 cm³/mol. The van der Waals surface area contributed by atoms with E-state index in [2.05, 4.69) is 25.0 Å². The molecule has 0 radical (unpaired) electrons. The first kappa shape index (κ1) is 13.6. The Bertz CT molecular complexity index is 192.